The molecule has 0 N–H and O–H groups in total. The van der Waals surface area contributed by atoms with Gasteiger partial charge in [-0.1, -0.05) is 54.1 Å². The highest BCUT2D eigenvalue weighted by molar-refractivity contribution is 7.12. The molecule has 27 heavy (non-hydrogen) atoms. The minimum absolute atomic E-state index is 0.268. The van der Waals surface area contributed by atoms with Crippen LogP contribution in [-0.4, -0.2) is 11.9 Å². The van der Waals surface area contributed by atoms with E-state index < -0.39 is 5.97 Å². The van der Waals surface area contributed by atoms with Crippen LogP contribution in [0.4, 0.5) is 0 Å². The summed E-state index contributed by atoms with van der Waals surface area (Å²) >= 11 is 1.48. The molecule has 1 aromatic heterocycles. The Morgan fingerprint density at radius 1 is 1.07 bits per heavy atom. The summed E-state index contributed by atoms with van der Waals surface area (Å²) in [6, 6.07) is 19.5. The van der Waals surface area contributed by atoms with Gasteiger partial charge in [-0.05, 0) is 36.1 Å². The predicted molar refractivity (Wildman–Crippen MR) is 107 cm³/mol. The number of carbonyl (C=O) groups is 1. The lowest BCUT2D eigenvalue weighted by Crippen LogP contribution is -2.03. The highest BCUT2D eigenvalue weighted by atomic mass is 32.1. The third-order valence-electron chi connectivity index (χ3n) is 4.08. The summed E-state index contributed by atoms with van der Waals surface area (Å²) in [5, 5.41) is 1.92. The number of cyclic esters (lactones) is 1. The lowest BCUT2D eigenvalue weighted by molar-refractivity contribution is -0.129. The Morgan fingerprint density at radius 2 is 1.89 bits per heavy atom. The standard InChI is InChI=1S/C22H17NO3S/c1-15-8-10-16(11-9-15)14-25-19-6-3-2-5-17(19)13-18-22(24)26-21(23-18)20-7-4-12-27-20/h2-13H,14H2,1H3/b18-13-. The number of ether oxygens (including phenoxy) is 2. The fourth-order valence-electron chi connectivity index (χ4n) is 2.64. The highest BCUT2D eigenvalue weighted by Gasteiger charge is 2.25. The summed E-state index contributed by atoms with van der Waals surface area (Å²) in [5.41, 5.74) is 3.35. The molecule has 0 atom stereocenters. The van der Waals surface area contributed by atoms with Crippen LogP contribution in [0.5, 0.6) is 5.75 Å². The second-order valence-electron chi connectivity index (χ2n) is 6.13. The second kappa shape index (κ2) is 7.60. The Morgan fingerprint density at radius 3 is 2.67 bits per heavy atom. The van der Waals surface area contributed by atoms with Crippen molar-refractivity contribution in [2.75, 3.05) is 0 Å². The van der Waals surface area contributed by atoms with Crippen LogP contribution in [0.1, 0.15) is 21.6 Å². The maximum atomic E-state index is 12.2. The van der Waals surface area contributed by atoms with Gasteiger partial charge in [-0.2, -0.15) is 0 Å². The van der Waals surface area contributed by atoms with E-state index in [4.69, 9.17) is 9.47 Å². The van der Waals surface area contributed by atoms with Crippen LogP contribution in [0.3, 0.4) is 0 Å². The Bertz CT molecular complexity index is 1020. The molecule has 1 aliphatic heterocycles. The van der Waals surface area contributed by atoms with E-state index in [0.29, 0.717) is 18.3 Å². The van der Waals surface area contributed by atoms with Gasteiger partial charge in [0.15, 0.2) is 5.70 Å². The fraction of sp³-hybridized carbons (Fsp3) is 0.0909. The smallest absolute Gasteiger partial charge is 0.363 e. The van der Waals surface area contributed by atoms with Crippen LogP contribution in [0.2, 0.25) is 0 Å². The maximum absolute atomic E-state index is 12.2. The van der Waals surface area contributed by atoms with Crippen molar-refractivity contribution in [3.63, 3.8) is 0 Å². The van der Waals surface area contributed by atoms with Gasteiger partial charge in [0.05, 0.1) is 4.88 Å². The molecule has 134 valence electrons. The van der Waals surface area contributed by atoms with Crippen LogP contribution in [0.15, 0.2) is 76.7 Å². The molecule has 5 heteroatoms. The number of rotatable bonds is 5. The van der Waals surface area contributed by atoms with Crippen molar-refractivity contribution in [3.8, 4) is 5.75 Å². The van der Waals surface area contributed by atoms with E-state index in [1.165, 1.54) is 16.9 Å². The SMILES string of the molecule is Cc1ccc(COc2ccccc2/C=C2\N=C(c3cccs3)OC2=O)cc1. The van der Waals surface area contributed by atoms with Crippen LogP contribution >= 0.6 is 11.3 Å². The molecule has 1 aliphatic rings. The molecule has 0 amide bonds. The molecule has 0 fully saturated rings. The van der Waals surface area contributed by atoms with E-state index in [9.17, 15) is 4.79 Å². The Labute approximate surface area is 161 Å². The molecule has 0 saturated heterocycles. The fourth-order valence-corrected chi connectivity index (χ4v) is 3.29. The summed E-state index contributed by atoms with van der Waals surface area (Å²) in [6.07, 6.45) is 1.70. The summed E-state index contributed by atoms with van der Waals surface area (Å²) in [4.78, 5) is 17.3. The monoisotopic (exact) mass is 375 g/mol. The molecular weight excluding hydrogens is 358 g/mol. The van der Waals surface area contributed by atoms with Gasteiger partial charge < -0.3 is 9.47 Å². The number of nitrogens with zero attached hydrogens (tertiary/aromatic N) is 1. The van der Waals surface area contributed by atoms with Gasteiger partial charge >= 0.3 is 5.97 Å². The number of aryl methyl sites for hydroxylation is 1. The average molecular weight is 375 g/mol. The maximum Gasteiger partial charge on any atom is 0.363 e. The molecule has 0 radical (unpaired) electrons. The Balaban J connectivity index is 1.56. The Kier molecular flexibility index (Phi) is 4.85. The highest BCUT2D eigenvalue weighted by Crippen LogP contribution is 2.26. The zero-order valence-electron chi connectivity index (χ0n) is 14.7. The molecule has 0 saturated carbocycles. The number of carbonyl (C=O) groups excluding carboxylic acids is 1. The number of hydrogen-bond acceptors (Lipinski definition) is 5. The number of benzene rings is 2. The first-order valence-electron chi connectivity index (χ1n) is 8.53. The molecule has 0 spiro atoms. The van der Waals surface area contributed by atoms with Crippen molar-refractivity contribution >= 4 is 29.3 Å². The summed E-state index contributed by atoms with van der Waals surface area (Å²) in [5.74, 6) is 0.587. The van der Waals surface area contributed by atoms with Gasteiger partial charge in [-0.3, -0.25) is 0 Å². The zero-order valence-corrected chi connectivity index (χ0v) is 15.5. The molecule has 4 rings (SSSR count). The topological polar surface area (TPSA) is 47.9 Å². The third-order valence-corrected chi connectivity index (χ3v) is 4.94. The van der Waals surface area contributed by atoms with E-state index in [2.05, 4.69) is 24.0 Å². The molecule has 0 unspecified atom stereocenters. The van der Waals surface area contributed by atoms with E-state index in [-0.39, 0.29) is 5.70 Å². The van der Waals surface area contributed by atoms with Crippen LogP contribution in [0, 0.1) is 6.92 Å². The van der Waals surface area contributed by atoms with Crippen LogP contribution < -0.4 is 4.74 Å². The molecule has 0 aliphatic carbocycles. The van der Waals surface area contributed by atoms with E-state index in [1.807, 2.05) is 53.9 Å². The van der Waals surface area contributed by atoms with Crippen molar-refractivity contribution in [2.24, 2.45) is 4.99 Å². The first-order valence-corrected chi connectivity index (χ1v) is 9.41. The van der Waals surface area contributed by atoms with E-state index in [0.717, 1.165) is 16.0 Å². The average Bonchev–Trinajstić information content (AvgIpc) is 3.33. The summed E-state index contributed by atoms with van der Waals surface area (Å²) in [7, 11) is 0. The van der Waals surface area contributed by atoms with Gasteiger partial charge in [0.25, 0.3) is 0 Å². The van der Waals surface area contributed by atoms with Crippen LogP contribution in [-0.2, 0) is 16.1 Å². The zero-order chi connectivity index (χ0) is 18.6. The van der Waals surface area contributed by atoms with Gasteiger partial charge in [0.2, 0.25) is 5.90 Å². The van der Waals surface area contributed by atoms with Gasteiger partial charge in [0, 0.05) is 5.56 Å². The van der Waals surface area contributed by atoms with E-state index in [1.54, 1.807) is 6.08 Å². The van der Waals surface area contributed by atoms with Crippen molar-refractivity contribution in [2.45, 2.75) is 13.5 Å². The van der Waals surface area contributed by atoms with Crippen molar-refractivity contribution < 1.29 is 14.3 Å². The molecule has 2 heterocycles. The van der Waals surface area contributed by atoms with E-state index >= 15 is 0 Å². The first kappa shape index (κ1) is 17.2. The first-order chi connectivity index (χ1) is 13.2. The number of para-hydroxylation sites is 1. The van der Waals surface area contributed by atoms with Gasteiger partial charge in [0.1, 0.15) is 12.4 Å². The molecule has 0 bridgehead atoms. The molecule has 3 aromatic rings. The van der Waals surface area contributed by atoms with Crippen molar-refractivity contribution in [1.29, 1.82) is 0 Å². The minimum Gasteiger partial charge on any atom is -0.488 e. The second-order valence-corrected chi connectivity index (χ2v) is 7.07. The molecular formula is C22H17NO3S. The van der Waals surface area contributed by atoms with Crippen LogP contribution in [0.25, 0.3) is 6.08 Å². The predicted octanol–water partition coefficient (Wildman–Crippen LogP) is 4.98. The minimum atomic E-state index is -0.452. The quantitative estimate of drug-likeness (QED) is 0.467. The third kappa shape index (κ3) is 3.99. The Hall–Kier alpha value is -3.18. The number of esters is 1. The van der Waals surface area contributed by atoms with Gasteiger partial charge in [-0.15, -0.1) is 11.3 Å². The lowest BCUT2D eigenvalue weighted by Gasteiger charge is -2.09. The van der Waals surface area contributed by atoms with Gasteiger partial charge in [-0.25, -0.2) is 9.79 Å². The number of hydrogen-bond donors (Lipinski definition) is 0. The van der Waals surface area contributed by atoms with Crippen molar-refractivity contribution in [1.82, 2.24) is 0 Å². The summed E-state index contributed by atoms with van der Waals surface area (Å²) < 4.78 is 11.2. The lowest BCUT2D eigenvalue weighted by atomic mass is 10.1. The number of thiophene rings is 1. The summed E-state index contributed by atoms with van der Waals surface area (Å²) in [6.45, 7) is 2.51. The normalized spacial score (nSPS) is 14.9. The molecule has 2 aromatic carbocycles. The number of aliphatic imine (C=N–C) groups is 1. The molecule has 4 nitrogen and oxygen atoms in total. The van der Waals surface area contributed by atoms with Crippen molar-refractivity contribution in [3.05, 3.63) is 93.3 Å². The largest absolute Gasteiger partial charge is 0.488 e.